The molecule has 0 bridgehead atoms. The van der Waals surface area contributed by atoms with Gasteiger partial charge in [0.2, 0.25) is 0 Å². The van der Waals surface area contributed by atoms with E-state index in [1.165, 1.54) is 4.68 Å². The highest BCUT2D eigenvalue weighted by Gasteiger charge is 2.31. The lowest BCUT2D eigenvalue weighted by Crippen LogP contribution is -2.48. The fourth-order valence-corrected chi connectivity index (χ4v) is 2.38. The van der Waals surface area contributed by atoms with Crippen LogP contribution in [-0.2, 0) is 16.0 Å². The molecule has 0 aliphatic carbocycles. The van der Waals surface area contributed by atoms with Gasteiger partial charge in [0.25, 0.3) is 5.56 Å². The van der Waals surface area contributed by atoms with E-state index in [0.29, 0.717) is 0 Å². The number of nitrogens with one attached hydrogen (secondary N) is 2. The van der Waals surface area contributed by atoms with Gasteiger partial charge in [-0.25, -0.2) is 9.59 Å². The number of halogens is 1. The first-order valence-electron chi connectivity index (χ1n) is 8.41. The Labute approximate surface area is 158 Å². The summed E-state index contributed by atoms with van der Waals surface area (Å²) < 4.78 is 11.6. The van der Waals surface area contributed by atoms with Crippen LogP contribution in [0.5, 0.6) is 0 Å². The molecule has 1 rings (SSSR count). The van der Waals surface area contributed by atoms with Crippen LogP contribution in [-0.4, -0.2) is 40.1 Å². The van der Waals surface area contributed by atoms with Gasteiger partial charge in [-0.05, 0) is 33.1 Å². The van der Waals surface area contributed by atoms with Gasteiger partial charge in [0.1, 0.15) is 10.6 Å². The lowest BCUT2D eigenvalue weighted by atomic mass is 9.86. The number of amides is 1. The molecule has 1 aromatic rings. The van der Waals surface area contributed by atoms with Crippen molar-refractivity contribution < 1.29 is 19.1 Å². The summed E-state index contributed by atoms with van der Waals surface area (Å²) in [6, 6.07) is -0.454. The summed E-state index contributed by atoms with van der Waals surface area (Å²) in [6.45, 7) is 13.0. The molecule has 8 nitrogen and oxygen atoms in total. The number of nitrogens with zero attached hydrogens (tertiary/aromatic N) is 1. The minimum Gasteiger partial charge on any atom is -0.461 e. The molecule has 2 N–H and O–H groups in total. The molecular weight excluding hydrogens is 362 g/mol. The topological polar surface area (TPSA) is 102 Å². The molecule has 1 heterocycles. The van der Waals surface area contributed by atoms with Crippen LogP contribution in [0.2, 0.25) is 5.02 Å². The van der Waals surface area contributed by atoms with E-state index in [0.717, 1.165) is 0 Å². The van der Waals surface area contributed by atoms with Crippen LogP contribution in [0.4, 0.5) is 4.79 Å². The van der Waals surface area contributed by atoms with Gasteiger partial charge in [-0.2, -0.15) is 0 Å². The summed E-state index contributed by atoms with van der Waals surface area (Å²) in [5.74, 6) is -0.708. The van der Waals surface area contributed by atoms with Crippen LogP contribution in [0.15, 0.2) is 4.79 Å². The third-order valence-corrected chi connectivity index (χ3v) is 3.83. The van der Waals surface area contributed by atoms with Crippen LogP contribution in [0.1, 0.15) is 59.0 Å². The largest absolute Gasteiger partial charge is 0.461 e. The van der Waals surface area contributed by atoms with E-state index in [4.69, 9.17) is 21.1 Å². The number of hydrogen-bond donors (Lipinski definition) is 2. The van der Waals surface area contributed by atoms with Crippen molar-refractivity contribution >= 4 is 23.7 Å². The summed E-state index contributed by atoms with van der Waals surface area (Å²) >= 11 is 5.96. The van der Waals surface area contributed by atoms with E-state index >= 15 is 0 Å². The lowest BCUT2D eigenvalue weighted by molar-refractivity contribution is 0.0449. The highest BCUT2D eigenvalue weighted by molar-refractivity contribution is 6.33. The second kappa shape index (κ2) is 8.16. The zero-order chi connectivity index (χ0) is 20.3. The second-order valence-electron chi connectivity index (χ2n) is 8.00. The Morgan fingerprint density at radius 1 is 1.23 bits per heavy atom. The monoisotopic (exact) mass is 389 g/mol. The van der Waals surface area contributed by atoms with Crippen LogP contribution >= 0.6 is 11.6 Å². The smallest absolute Gasteiger partial charge is 0.407 e. The van der Waals surface area contributed by atoms with Crippen molar-refractivity contribution in [3.63, 3.8) is 0 Å². The Balaban J connectivity index is 3.14. The number of alkyl carbamates (subject to hydrolysis) is 1. The van der Waals surface area contributed by atoms with E-state index in [1.807, 2.05) is 20.8 Å². The highest BCUT2D eigenvalue weighted by atomic mass is 35.5. The maximum atomic E-state index is 12.2. The van der Waals surface area contributed by atoms with Crippen molar-refractivity contribution in [2.24, 2.45) is 5.41 Å². The summed E-state index contributed by atoms with van der Waals surface area (Å²) in [6.07, 6.45) is -0.587. The van der Waals surface area contributed by atoms with Gasteiger partial charge in [0, 0.05) is 0 Å². The van der Waals surface area contributed by atoms with Crippen molar-refractivity contribution in [3.05, 3.63) is 21.1 Å². The average Bonchev–Trinajstić information content (AvgIpc) is 2.70. The molecule has 0 unspecified atom stereocenters. The number of rotatable bonds is 5. The van der Waals surface area contributed by atoms with Gasteiger partial charge in [0.05, 0.1) is 19.2 Å². The first-order valence-corrected chi connectivity index (χ1v) is 8.79. The molecule has 1 aromatic heterocycles. The summed E-state index contributed by atoms with van der Waals surface area (Å²) in [5.41, 5.74) is -1.71. The molecule has 0 saturated carbocycles. The zero-order valence-electron chi connectivity index (χ0n) is 16.4. The molecule has 148 valence electrons. The number of aromatic amines is 1. The number of carbonyl (C=O) groups excluding carboxylic acids is 2. The van der Waals surface area contributed by atoms with Crippen molar-refractivity contribution in [2.75, 3.05) is 6.61 Å². The molecule has 0 spiro atoms. The Morgan fingerprint density at radius 2 is 1.81 bits per heavy atom. The molecule has 0 aliphatic rings. The van der Waals surface area contributed by atoms with Crippen molar-refractivity contribution in [1.82, 2.24) is 15.1 Å². The van der Waals surface area contributed by atoms with Crippen molar-refractivity contribution in [2.45, 2.75) is 66.7 Å². The van der Waals surface area contributed by atoms with E-state index in [-0.39, 0.29) is 23.9 Å². The molecule has 0 fully saturated rings. The van der Waals surface area contributed by atoms with Gasteiger partial charge >= 0.3 is 12.1 Å². The quantitative estimate of drug-likeness (QED) is 0.753. The van der Waals surface area contributed by atoms with E-state index in [9.17, 15) is 14.4 Å². The number of ether oxygens (including phenoxy) is 2. The summed E-state index contributed by atoms with van der Waals surface area (Å²) in [5, 5.41) is 5.06. The second-order valence-corrected chi connectivity index (χ2v) is 8.38. The Hall–Kier alpha value is -1.96. The van der Waals surface area contributed by atoms with E-state index < -0.39 is 34.7 Å². The Kier molecular flexibility index (Phi) is 6.93. The summed E-state index contributed by atoms with van der Waals surface area (Å²) in [4.78, 5) is 36.2. The lowest BCUT2D eigenvalue weighted by Gasteiger charge is -2.32. The maximum absolute atomic E-state index is 12.2. The molecule has 0 aliphatic heterocycles. The van der Waals surface area contributed by atoms with Crippen LogP contribution in [0.3, 0.4) is 0 Å². The van der Waals surface area contributed by atoms with Crippen molar-refractivity contribution in [3.8, 4) is 0 Å². The summed E-state index contributed by atoms with van der Waals surface area (Å²) in [7, 11) is 0. The van der Waals surface area contributed by atoms with Gasteiger partial charge in [0.15, 0.2) is 5.69 Å². The predicted octanol–water partition coefficient (Wildman–Crippen LogP) is 2.95. The van der Waals surface area contributed by atoms with Crippen LogP contribution in [0.25, 0.3) is 0 Å². The third-order valence-electron chi connectivity index (χ3n) is 3.48. The normalized spacial score (nSPS) is 13.2. The minimum absolute atomic E-state index is 0.0706. The average molecular weight is 390 g/mol. The molecule has 0 aromatic carbocycles. The van der Waals surface area contributed by atoms with Gasteiger partial charge in [-0.15, -0.1) is 0 Å². The molecule has 0 saturated heterocycles. The highest BCUT2D eigenvalue weighted by Crippen LogP contribution is 2.23. The third kappa shape index (κ3) is 6.09. The molecule has 1 amide bonds. The van der Waals surface area contributed by atoms with Crippen molar-refractivity contribution in [1.29, 1.82) is 0 Å². The SMILES string of the molecule is CCOC(=O)c1c(Cl)c(=O)[nH]n1C[C@H](NC(=O)OC(C)(C)C)C(C)(C)C. The number of aromatic nitrogens is 2. The molecule has 26 heavy (non-hydrogen) atoms. The van der Waals surface area contributed by atoms with Gasteiger partial charge in [-0.3, -0.25) is 14.6 Å². The predicted molar refractivity (Wildman–Crippen MR) is 98.6 cm³/mol. The zero-order valence-corrected chi connectivity index (χ0v) is 17.1. The van der Waals surface area contributed by atoms with Gasteiger partial charge < -0.3 is 14.8 Å². The number of H-pyrrole nitrogens is 1. The fraction of sp³-hybridized carbons (Fsp3) is 0.706. The number of carbonyl (C=O) groups is 2. The Bertz CT molecular complexity index is 709. The number of esters is 1. The fourth-order valence-electron chi connectivity index (χ4n) is 2.16. The Morgan fingerprint density at radius 3 is 2.27 bits per heavy atom. The molecular formula is C17H28ClN3O5. The first kappa shape index (κ1) is 22.1. The van der Waals surface area contributed by atoms with Gasteiger partial charge in [-0.1, -0.05) is 32.4 Å². The van der Waals surface area contributed by atoms with Crippen LogP contribution in [0, 0.1) is 5.41 Å². The van der Waals surface area contributed by atoms with E-state index in [1.54, 1.807) is 27.7 Å². The standard InChI is InChI=1S/C17H28ClN3O5/c1-8-25-14(23)12-11(18)13(22)20-21(12)9-10(16(2,3)4)19-15(24)26-17(5,6)7/h10H,8-9H2,1-7H3,(H,19,24)(H,20,22)/t10-/m0/s1. The molecule has 9 heteroatoms. The first-order chi connectivity index (χ1) is 11.8. The minimum atomic E-state index is -0.708. The molecule has 1 atom stereocenters. The number of hydrogen-bond acceptors (Lipinski definition) is 5. The van der Waals surface area contributed by atoms with E-state index in [2.05, 4.69) is 10.4 Å². The molecule has 0 radical (unpaired) electrons. The van der Waals surface area contributed by atoms with Crippen LogP contribution < -0.4 is 10.9 Å². The maximum Gasteiger partial charge on any atom is 0.407 e.